The Kier molecular flexibility index (Phi) is 9.46. The fraction of sp³-hybridized carbons (Fsp3) is 0.789. The molecule has 1 amide bonds. The lowest BCUT2D eigenvalue weighted by Gasteiger charge is -2.18. The van der Waals surface area contributed by atoms with Crippen LogP contribution in [0.2, 0.25) is 0 Å². The fourth-order valence-electron chi connectivity index (χ4n) is 3.90. The molecule has 28 heavy (non-hydrogen) atoms. The molecule has 8 nitrogen and oxygen atoms in total. The van der Waals surface area contributed by atoms with Crippen molar-refractivity contribution in [2.75, 3.05) is 26.7 Å². The molecular weight excluding hydrogens is 469 g/mol. The second-order valence-corrected chi connectivity index (χ2v) is 7.42. The molecule has 9 heteroatoms. The largest absolute Gasteiger partial charge is 0.356 e. The molecule has 2 N–H and O–H groups in total. The maximum Gasteiger partial charge on any atom is 0.222 e. The highest BCUT2D eigenvalue weighted by atomic mass is 127. The van der Waals surface area contributed by atoms with E-state index in [1.165, 1.54) is 19.3 Å². The van der Waals surface area contributed by atoms with Crippen LogP contribution in [0.25, 0.3) is 0 Å². The number of hydrogen-bond donors (Lipinski definition) is 2. The van der Waals surface area contributed by atoms with Gasteiger partial charge in [0.1, 0.15) is 11.6 Å². The first-order chi connectivity index (χ1) is 13.2. The normalized spacial score (nSPS) is 19.6. The van der Waals surface area contributed by atoms with Crippen LogP contribution in [0.15, 0.2) is 4.99 Å². The van der Waals surface area contributed by atoms with Gasteiger partial charge in [-0.05, 0) is 25.7 Å². The first-order valence-electron chi connectivity index (χ1n) is 10.4. The smallest absolute Gasteiger partial charge is 0.222 e. The summed E-state index contributed by atoms with van der Waals surface area (Å²) in [5.41, 5.74) is 0. The van der Waals surface area contributed by atoms with Gasteiger partial charge < -0.3 is 20.1 Å². The Hall–Kier alpha value is -1.39. The summed E-state index contributed by atoms with van der Waals surface area (Å²) in [5, 5.41) is 15.6. The molecule has 0 aliphatic carbocycles. The number of fused-ring (bicyclic) bond motifs is 1. The number of rotatable bonds is 6. The average molecular weight is 503 g/mol. The molecule has 1 fully saturated rings. The number of nitrogens with zero attached hydrogens (tertiary/aromatic N) is 5. The van der Waals surface area contributed by atoms with Crippen molar-refractivity contribution in [1.29, 1.82) is 0 Å². The van der Waals surface area contributed by atoms with Gasteiger partial charge in [-0.25, -0.2) is 0 Å². The molecule has 1 saturated heterocycles. The number of aromatic nitrogens is 3. The molecule has 0 spiro atoms. The lowest BCUT2D eigenvalue weighted by Crippen LogP contribution is -2.45. The zero-order valence-electron chi connectivity index (χ0n) is 17.1. The van der Waals surface area contributed by atoms with Gasteiger partial charge in [-0.15, -0.1) is 34.2 Å². The van der Waals surface area contributed by atoms with Crippen LogP contribution in [0.3, 0.4) is 0 Å². The number of likely N-dealkylation sites (tertiary alicyclic amines) is 1. The molecule has 0 radical (unpaired) electrons. The van der Waals surface area contributed by atoms with Gasteiger partial charge in [0, 0.05) is 58.5 Å². The number of nitrogens with one attached hydrogen (secondary N) is 2. The fourth-order valence-corrected chi connectivity index (χ4v) is 3.90. The summed E-state index contributed by atoms with van der Waals surface area (Å²) in [6.07, 6.45) is 8.26. The van der Waals surface area contributed by atoms with Crippen molar-refractivity contribution >= 4 is 35.8 Å². The second-order valence-electron chi connectivity index (χ2n) is 7.42. The molecule has 3 rings (SSSR count). The summed E-state index contributed by atoms with van der Waals surface area (Å²) in [7, 11) is 1.79. The number of hydrogen-bond acceptors (Lipinski definition) is 4. The van der Waals surface area contributed by atoms with E-state index in [-0.39, 0.29) is 35.9 Å². The molecule has 0 aromatic carbocycles. The van der Waals surface area contributed by atoms with Gasteiger partial charge >= 0.3 is 0 Å². The van der Waals surface area contributed by atoms with Crippen LogP contribution in [-0.4, -0.2) is 64.3 Å². The minimum Gasteiger partial charge on any atom is -0.356 e. The molecule has 158 valence electrons. The van der Waals surface area contributed by atoms with E-state index in [4.69, 9.17) is 0 Å². The SMILES string of the molecule is CCC(=O)N1CCC(NC(=NC)NCCCc2nnc3n2CCCCC3)C1.I. The molecule has 0 saturated carbocycles. The number of aliphatic imine (C=N–C) groups is 1. The van der Waals surface area contributed by atoms with Gasteiger partial charge in [-0.1, -0.05) is 13.3 Å². The third-order valence-corrected chi connectivity index (χ3v) is 5.46. The third-order valence-electron chi connectivity index (χ3n) is 5.46. The molecule has 2 aliphatic heterocycles. The molecular formula is C19H34IN7O. The number of guanidine groups is 1. The quantitative estimate of drug-likeness (QED) is 0.267. The van der Waals surface area contributed by atoms with Gasteiger partial charge in [0.25, 0.3) is 0 Å². The van der Waals surface area contributed by atoms with Crippen LogP contribution in [-0.2, 0) is 24.2 Å². The van der Waals surface area contributed by atoms with Crippen LogP contribution >= 0.6 is 24.0 Å². The summed E-state index contributed by atoms with van der Waals surface area (Å²) in [6, 6.07) is 0.277. The molecule has 3 heterocycles. The van der Waals surface area contributed by atoms with Crippen LogP contribution in [0.4, 0.5) is 0 Å². The average Bonchev–Trinajstić information content (AvgIpc) is 3.24. The van der Waals surface area contributed by atoms with Gasteiger partial charge in [0.15, 0.2) is 5.96 Å². The highest BCUT2D eigenvalue weighted by Gasteiger charge is 2.25. The Morgan fingerprint density at radius 2 is 2.11 bits per heavy atom. The van der Waals surface area contributed by atoms with Crippen molar-refractivity contribution < 1.29 is 4.79 Å². The zero-order valence-corrected chi connectivity index (χ0v) is 19.4. The van der Waals surface area contributed by atoms with Gasteiger partial charge in [-0.2, -0.15) is 0 Å². The summed E-state index contributed by atoms with van der Waals surface area (Å²) >= 11 is 0. The molecule has 1 atom stereocenters. The number of carbonyl (C=O) groups excluding carboxylic acids is 1. The third kappa shape index (κ3) is 6.05. The van der Waals surface area contributed by atoms with E-state index in [9.17, 15) is 4.79 Å². The Morgan fingerprint density at radius 3 is 2.89 bits per heavy atom. The Labute approximate surface area is 185 Å². The standard InChI is InChI=1S/C19H33N7O.HI/c1-3-18(27)25-13-10-15(14-25)22-19(20-2)21-11-7-9-17-24-23-16-8-5-4-6-12-26(16)17;/h15H,3-14H2,1-2H3,(H2,20,21,22);1H. The van der Waals surface area contributed by atoms with Crippen LogP contribution in [0.1, 0.15) is 57.1 Å². The van der Waals surface area contributed by atoms with Crippen molar-refractivity contribution in [3.8, 4) is 0 Å². The van der Waals surface area contributed by atoms with Gasteiger partial charge in [0.05, 0.1) is 0 Å². The molecule has 1 aromatic rings. The number of carbonyl (C=O) groups is 1. The Morgan fingerprint density at radius 1 is 1.25 bits per heavy atom. The molecule has 1 unspecified atom stereocenters. The van der Waals surface area contributed by atoms with E-state index in [0.717, 1.165) is 69.5 Å². The van der Waals surface area contributed by atoms with E-state index in [2.05, 4.69) is 30.4 Å². The number of aryl methyl sites for hydroxylation is 2. The van der Waals surface area contributed by atoms with Gasteiger partial charge in [-0.3, -0.25) is 9.79 Å². The van der Waals surface area contributed by atoms with E-state index >= 15 is 0 Å². The van der Waals surface area contributed by atoms with Crippen molar-refractivity contribution in [3.05, 3.63) is 11.6 Å². The Bertz CT molecular complexity index is 661. The maximum absolute atomic E-state index is 11.8. The van der Waals surface area contributed by atoms with Crippen molar-refractivity contribution in [1.82, 2.24) is 30.3 Å². The highest BCUT2D eigenvalue weighted by molar-refractivity contribution is 14.0. The topological polar surface area (TPSA) is 87.4 Å². The summed E-state index contributed by atoms with van der Waals surface area (Å²) in [4.78, 5) is 18.1. The Balaban J connectivity index is 0.00000280. The summed E-state index contributed by atoms with van der Waals surface area (Å²) in [5.74, 6) is 3.31. The van der Waals surface area contributed by atoms with Gasteiger partial charge in [0.2, 0.25) is 5.91 Å². The highest BCUT2D eigenvalue weighted by Crippen LogP contribution is 2.15. The zero-order chi connectivity index (χ0) is 19.1. The summed E-state index contributed by atoms with van der Waals surface area (Å²) < 4.78 is 2.32. The lowest BCUT2D eigenvalue weighted by molar-refractivity contribution is -0.129. The molecule has 2 aliphatic rings. The van der Waals surface area contributed by atoms with Crippen LogP contribution < -0.4 is 10.6 Å². The maximum atomic E-state index is 11.8. The van der Waals surface area contributed by atoms with Crippen molar-refractivity contribution in [2.24, 2.45) is 4.99 Å². The second kappa shape index (κ2) is 11.6. The minimum atomic E-state index is 0. The predicted molar refractivity (Wildman–Crippen MR) is 121 cm³/mol. The van der Waals surface area contributed by atoms with E-state index in [1.54, 1.807) is 7.05 Å². The predicted octanol–water partition coefficient (Wildman–Crippen LogP) is 1.73. The van der Waals surface area contributed by atoms with E-state index in [0.29, 0.717) is 6.42 Å². The first kappa shape index (κ1) is 22.9. The first-order valence-corrected chi connectivity index (χ1v) is 10.4. The van der Waals surface area contributed by atoms with Crippen molar-refractivity contribution in [2.45, 2.75) is 70.9 Å². The molecule has 1 aromatic heterocycles. The lowest BCUT2D eigenvalue weighted by atomic mass is 10.2. The van der Waals surface area contributed by atoms with E-state index in [1.807, 2.05) is 11.8 Å². The van der Waals surface area contributed by atoms with E-state index < -0.39 is 0 Å². The van der Waals surface area contributed by atoms with Crippen LogP contribution in [0.5, 0.6) is 0 Å². The monoisotopic (exact) mass is 503 g/mol. The molecule has 0 bridgehead atoms. The number of halogens is 1. The summed E-state index contributed by atoms with van der Waals surface area (Å²) in [6.45, 7) is 5.41. The van der Waals surface area contributed by atoms with Crippen molar-refractivity contribution in [3.63, 3.8) is 0 Å². The minimum absolute atomic E-state index is 0. The number of amides is 1. The van der Waals surface area contributed by atoms with Crippen LogP contribution in [0, 0.1) is 0 Å².